The number of benzene rings is 1. The van der Waals surface area contributed by atoms with Crippen LogP contribution in [0.25, 0.3) is 0 Å². The predicted octanol–water partition coefficient (Wildman–Crippen LogP) is 1.14. The van der Waals surface area contributed by atoms with Gasteiger partial charge in [-0.25, -0.2) is 8.42 Å². The minimum absolute atomic E-state index is 0.0756. The van der Waals surface area contributed by atoms with E-state index in [-0.39, 0.29) is 16.4 Å². The molecule has 1 unspecified atom stereocenters. The van der Waals surface area contributed by atoms with Gasteiger partial charge in [-0.15, -0.1) is 0 Å². The molecule has 0 radical (unpaired) electrons. The quantitative estimate of drug-likeness (QED) is 0.879. The molecule has 1 aliphatic rings. The zero-order chi connectivity index (χ0) is 13.2. The number of nitrogens with zero attached hydrogens (tertiary/aromatic N) is 2. The molecule has 0 heterocycles. The Morgan fingerprint density at radius 3 is 2.50 bits per heavy atom. The normalized spacial score (nSPS) is 16.6. The maximum Gasteiger partial charge on any atom is 0.243 e. The van der Waals surface area contributed by atoms with E-state index >= 15 is 0 Å². The molecule has 6 heteroatoms. The fourth-order valence-electron chi connectivity index (χ4n) is 1.68. The highest BCUT2D eigenvalue weighted by Gasteiger charge is 2.34. The van der Waals surface area contributed by atoms with Gasteiger partial charge in [-0.3, -0.25) is 0 Å². The number of hydrogen-bond acceptors (Lipinski definition) is 4. The van der Waals surface area contributed by atoms with Gasteiger partial charge in [-0.05, 0) is 30.9 Å². The van der Waals surface area contributed by atoms with E-state index in [0.717, 1.165) is 12.8 Å². The fraction of sp³-hybridized carbons (Fsp3) is 0.333. The van der Waals surface area contributed by atoms with Crippen molar-refractivity contribution < 1.29 is 8.42 Å². The Hall–Kier alpha value is -1.89. The van der Waals surface area contributed by atoms with Crippen molar-refractivity contribution in [2.75, 3.05) is 0 Å². The van der Waals surface area contributed by atoms with Gasteiger partial charge in [0.25, 0.3) is 0 Å². The van der Waals surface area contributed by atoms with E-state index in [2.05, 4.69) is 4.72 Å². The number of rotatable bonds is 4. The average Bonchev–Trinajstić information content (AvgIpc) is 3.20. The molecule has 5 nitrogen and oxygen atoms in total. The minimum Gasteiger partial charge on any atom is -0.207 e. The minimum atomic E-state index is -3.81. The Labute approximate surface area is 106 Å². The van der Waals surface area contributed by atoms with Crippen LogP contribution in [-0.4, -0.2) is 14.5 Å². The predicted molar refractivity (Wildman–Crippen MR) is 63.6 cm³/mol. The highest BCUT2D eigenvalue weighted by molar-refractivity contribution is 7.89. The molecule has 1 fully saturated rings. The number of sulfonamides is 1. The van der Waals surface area contributed by atoms with Crippen molar-refractivity contribution in [3.8, 4) is 12.1 Å². The first-order chi connectivity index (χ1) is 8.58. The number of nitrogens with one attached hydrogen (secondary N) is 1. The monoisotopic (exact) mass is 261 g/mol. The SMILES string of the molecule is N#Cc1ccccc1S(=O)(=O)NC(C#N)C1CC1. The summed E-state index contributed by atoms with van der Waals surface area (Å²) in [5.41, 5.74) is 0.0810. The van der Waals surface area contributed by atoms with Gasteiger partial charge in [0, 0.05) is 0 Å². The molecular formula is C12H11N3O2S. The van der Waals surface area contributed by atoms with Crippen LogP contribution in [0.1, 0.15) is 18.4 Å². The molecule has 2 rings (SSSR count). The maximum absolute atomic E-state index is 12.1. The zero-order valence-corrected chi connectivity index (χ0v) is 10.3. The second kappa shape index (κ2) is 4.77. The lowest BCUT2D eigenvalue weighted by Gasteiger charge is -2.11. The Bertz CT molecular complexity index is 636. The van der Waals surface area contributed by atoms with Crippen LogP contribution in [-0.2, 0) is 10.0 Å². The van der Waals surface area contributed by atoms with E-state index in [4.69, 9.17) is 10.5 Å². The first-order valence-electron chi connectivity index (χ1n) is 5.49. The third-order valence-corrected chi connectivity index (χ3v) is 4.31. The van der Waals surface area contributed by atoms with Crippen molar-refractivity contribution >= 4 is 10.0 Å². The van der Waals surface area contributed by atoms with Crippen molar-refractivity contribution in [2.24, 2.45) is 5.92 Å². The number of nitriles is 2. The van der Waals surface area contributed by atoms with E-state index < -0.39 is 16.1 Å². The van der Waals surface area contributed by atoms with Gasteiger partial charge in [0.1, 0.15) is 12.1 Å². The van der Waals surface area contributed by atoms with Crippen molar-refractivity contribution in [2.45, 2.75) is 23.8 Å². The van der Waals surface area contributed by atoms with E-state index in [1.54, 1.807) is 12.1 Å². The van der Waals surface area contributed by atoms with E-state index in [9.17, 15) is 8.42 Å². The summed E-state index contributed by atoms with van der Waals surface area (Å²) < 4.78 is 26.6. The van der Waals surface area contributed by atoms with Gasteiger partial charge in [0.15, 0.2) is 0 Å². The molecule has 92 valence electrons. The highest BCUT2D eigenvalue weighted by atomic mass is 32.2. The second-order valence-electron chi connectivity index (χ2n) is 4.17. The van der Waals surface area contributed by atoms with Crippen molar-refractivity contribution in [1.29, 1.82) is 10.5 Å². The molecule has 1 N–H and O–H groups in total. The molecule has 1 aliphatic carbocycles. The van der Waals surface area contributed by atoms with Gasteiger partial charge < -0.3 is 0 Å². The van der Waals surface area contributed by atoms with Crippen LogP contribution in [0, 0.1) is 28.6 Å². The molecule has 0 amide bonds. The van der Waals surface area contributed by atoms with Crippen LogP contribution >= 0.6 is 0 Å². The molecule has 1 aromatic carbocycles. The molecule has 0 bridgehead atoms. The lowest BCUT2D eigenvalue weighted by atomic mass is 10.2. The summed E-state index contributed by atoms with van der Waals surface area (Å²) in [6, 6.07) is 9.03. The smallest absolute Gasteiger partial charge is 0.207 e. The Morgan fingerprint density at radius 1 is 1.28 bits per heavy atom. The average molecular weight is 261 g/mol. The molecule has 0 aliphatic heterocycles. The number of hydrogen-bond donors (Lipinski definition) is 1. The Kier molecular flexibility index (Phi) is 3.33. The fourth-order valence-corrected chi connectivity index (χ4v) is 3.05. The van der Waals surface area contributed by atoms with Gasteiger partial charge in [0.05, 0.1) is 16.5 Å². The standard InChI is InChI=1S/C12H11N3O2S/c13-7-10-3-1-2-4-12(10)18(16,17)15-11(8-14)9-5-6-9/h1-4,9,11,15H,5-6H2. The highest BCUT2D eigenvalue weighted by Crippen LogP contribution is 2.33. The van der Waals surface area contributed by atoms with Crippen molar-refractivity contribution in [3.05, 3.63) is 29.8 Å². The summed E-state index contributed by atoms with van der Waals surface area (Å²) in [7, 11) is -3.81. The van der Waals surface area contributed by atoms with E-state index in [0.29, 0.717) is 0 Å². The van der Waals surface area contributed by atoms with E-state index in [1.807, 2.05) is 12.1 Å². The molecule has 1 saturated carbocycles. The van der Waals surface area contributed by atoms with Crippen LogP contribution in [0.4, 0.5) is 0 Å². The summed E-state index contributed by atoms with van der Waals surface area (Å²) >= 11 is 0. The topological polar surface area (TPSA) is 93.8 Å². The summed E-state index contributed by atoms with van der Waals surface area (Å²) in [5, 5.41) is 17.8. The molecule has 18 heavy (non-hydrogen) atoms. The molecule has 1 aromatic rings. The van der Waals surface area contributed by atoms with Crippen LogP contribution in [0.5, 0.6) is 0 Å². The molecule has 1 atom stereocenters. The molecule has 0 aromatic heterocycles. The second-order valence-corrected chi connectivity index (χ2v) is 5.86. The van der Waals surface area contributed by atoms with Crippen molar-refractivity contribution in [1.82, 2.24) is 4.72 Å². The molecule has 0 spiro atoms. The Morgan fingerprint density at radius 2 is 1.94 bits per heavy atom. The third-order valence-electron chi connectivity index (χ3n) is 2.81. The maximum atomic E-state index is 12.1. The summed E-state index contributed by atoms with van der Waals surface area (Å²) in [6.45, 7) is 0. The summed E-state index contributed by atoms with van der Waals surface area (Å²) in [5.74, 6) is 0.0963. The third kappa shape index (κ3) is 2.51. The van der Waals surface area contributed by atoms with Gasteiger partial charge >= 0.3 is 0 Å². The van der Waals surface area contributed by atoms with Crippen LogP contribution in [0.3, 0.4) is 0 Å². The van der Waals surface area contributed by atoms with E-state index in [1.165, 1.54) is 12.1 Å². The van der Waals surface area contributed by atoms with Gasteiger partial charge in [-0.2, -0.15) is 15.2 Å². The lowest BCUT2D eigenvalue weighted by Crippen LogP contribution is -2.35. The largest absolute Gasteiger partial charge is 0.243 e. The first-order valence-corrected chi connectivity index (χ1v) is 6.98. The van der Waals surface area contributed by atoms with Gasteiger partial charge in [0.2, 0.25) is 10.0 Å². The summed E-state index contributed by atoms with van der Waals surface area (Å²) in [6.07, 6.45) is 1.72. The molecule has 0 saturated heterocycles. The van der Waals surface area contributed by atoms with Crippen LogP contribution in [0.15, 0.2) is 29.2 Å². The summed E-state index contributed by atoms with van der Waals surface area (Å²) in [4.78, 5) is -0.0756. The Balaban J connectivity index is 2.31. The van der Waals surface area contributed by atoms with Gasteiger partial charge in [-0.1, -0.05) is 12.1 Å². The van der Waals surface area contributed by atoms with Crippen LogP contribution < -0.4 is 4.72 Å². The van der Waals surface area contributed by atoms with Crippen molar-refractivity contribution in [3.63, 3.8) is 0 Å². The lowest BCUT2D eigenvalue weighted by molar-refractivity contribution is 0.560. The molecular weight excluding hydrogens is 250 g/mol. The van der Waals surface area contributed by atoms with Crippen LogP contribution in [0.2, 0.25) is 0 Å². The zero-order valence-electron chi connectivity index (χ0n) is 9.50. The first kappa shape index (κ1) is 12.6.